The molecule has 1 atom stereocenters. The number of benzene rings is 1. The zero-order chi connectivity index (χ0) is 14.3. The maximum absolute atomic E-state index is 12.5. The van der Waals surface area contributed by atoms with E-state index in [1.165, 1.54) is 0 Å². The van der Waals surface area contributed by atoms with E-state index in [-0.39, 0.29) is 12.3 Å². The first-order chi connectivity index (χ1) is 8.85. The predicted molar refractivity (Wildman–Crippen MR) is 74.5 cm³/mol. The monoisotopic (exact) mass is 258 g/mol. The van der Waals surface area contributed by atoms with Crippen LogP contribution in [0.3, 0.4) is 0 Å². The quantitative estimate of drug-likeness (QED) is 0.810. The number of amides is 2. The second-order valence-corrected chi connectivity index (χ2v) is 5.47. The Morgan fingerprint density at radius 2 is 2.11 bits per heavy atom. The van der Waals surface area contributed by atoms with E-state index in [1.807, 2.05) is 38.1 Å². The minimum absolute atomic E-state index is 0.0329. The van der Waals surface area contributed by atoms with Gasteiger partial charge >= 0.3 is 0 Å². The maximum Gasteiger partial charge on any atom is 0.236 e. The molecule has 0 saturated heterocycles. The van der Waals surface area contributed by atoms with Gasteiger partial charge in [-0.15, -0.1) is 6.58 Å². The molecule has 19 heavy (non-hydrogen) atoms. The first kappa shape index (κ1) is 13.3. The lowest BCUT2D eigenvalue weighted by Crippen LogP contribution is -2.49. The number of carbonyl (C=O) groups is 2. The van der Waals surface area contributed by atoms with Crippen molar-refractivity contribution in [2.45, 2.75) is 25.7 Å². The largest absolute Gasteiger partial charge is 0.370 e. The number of anilines is 1. The van der Waals surface area contributed by atoms with Gasteiger partial charge in [-0.3, -0.25) is 9.59 Å². The van der Waals surface area contributed by atoms with E-state index in [9.17, 15) is 9.59 Å². The maximum atomic E-state index is 12.5. The van der Waals surface area contributed by atoms with E-state index in [0.717, 1.165) is 11.3 Å². The van der Waals surface area contributed by atoms with Gasteiger partial charge in [0.1, 0.15) is 0 Å². The summed E-state index contributed by atoms with van der Waals surface area (Å²) in [5.41, 5.74) is 5.35. The summed E-state index contributed by atoms with van der Waals surface area (Å²) < 4.78 is 0. The van der Waals surface area contributed by atoms with Crippen LogP contribution in [-0.4, -0.2) is 11.8 Å². The van der Waals surface area contributed by atoms with Gasteiger partial charge in [-0.05, 0) is 11.6 Å². The normalized spacial score (nSPS) is 21.7. The first-order valence-corrected chi connectivity index (χ1v) is 6.18. The van der Waals surface area contributed by atoms with Gasteiger partial charge in [-0.1, -0.05) is 38.1 Å². The molecule has 1 aliphatic rings. The predicted octanol–water partition coefficient (Wildman–Crippen LogP) is 1.96. The van der Waals surface area contributed by atoms with E-state index in [2.05, 4.69) is 11.9 Å². The molecule has 4 nitrogen and oxygen atoms in total. The summed E-state index contributed by atoms with van der Waals surface area (Å²) in [4.78, 5) is 24.0. The molecular formula is C15H18N2O2. The fraction of sp³-hybridized carbons (Fsp3) is 0.333. The Kier molecular flexibility index (Phi) is 2.97. The molecule has 0 saturated carbocycles. The Balaban J connectivity index is 2.72. The van der Waals surface area contributed by atoms with E-state index in [1.54, 1.807) is 6.08 Å². The van der Waals surface area contributed by atoms with Gasteiger partial charge in [-0.25, -0.2) is 0 Å². The second-order valence-electron chi connectivity index (χ2n) is 5.47. The van der Waals surface area contributed by atoms with Crippen LogP contribution in [0.25, 0.3) is 0 Å². The molecule has 0 radical (unpaired) electrons. The molecule has 1 heterocycles. The molecule has 2 amide bonds. The van der Waals surface area contributed by atoms with E-state index in [0.29, 0.717) is 0 Å². The molecule has 0 fully saturated rings. The molecule has 3 N–H and O–H groups in total. The smallest absolute Gasteiger partial charge is 0.236 e. The fourth-order valence-corrected chi connectivity index (χ4v) is 2.79. The summed E-state index contributed by atoms with van der Waals surface area (Å²) in [6, 6.07) is 7.39. The van der Waals surface area contributed by atoms with Crippen LogP contribution in [0.5, 0.6) is 0 Å². The van der Waals surface area contributed by atoms with E-state index < -0.39 is 16.7 Å². The van der Waals surface area contributed by atoms with Crippen molar-refractivity contribution in [2.24, 2.45) is 11.1 Å². The number of para-hydroxylation sites is 1. The molecule has 1 aromatic carbocycles. The van der Waals surface area contributed by atoms with Crippen LogP contribution in [0, 0.1) is 5.41 Å². The van der Waals surface area contributed by atoms with Crippen molar-refractivity contribution in [3.8, 4) is 0 Å². The minimum atomic E-state index is -0.989. The Hall–Kier alpha value is -2.10. The Morgan fingerprint density at radius 3 is 2.68 bits per heavy atom. The molecule has 100 valence electrons. The van der Waals surface area contributed by atoms with Crippen molar-refractivity contribution in [1.29, 1.82) is 0 Å². The summed E-state index contributed by atoms with van der Waals surface area (Å²) in [5, 5.41) is 2.84. The zero-order valence-electron chi connectivity index (χ0n) is 11.2. The highest BCUT2D eigenvalue weighted by Crippen LogP contribution is 2.51. The lowest BCUT2D eigenvalue weighted by molar-refractivity contribution is -0.130. The summed E-state index contributed by atoms with van der Waals surface area (Å²) in [7, 11) is 0. The molecule has 1 unspecified atom stereocenters. The number of allylic oxidation sites excluding steroid dienone is 1. The molecule has 0 spiro atoms. The number of nitrogens with two attached hydrogens (primary N) is 1. The van der Waals surface area contributed by atoms with Crippen molar-refractivity contribution in [3.63, 3.8) is 0 Å². The highest BCUT2D eigenvalue weighted by Gasteiger charge is 2.56. The van der Waals surface area contributed by atoms with Gasteiger partial charge in [0, 0.05) is 17.5 Å². The van der Waals surface area contributed by atoms with E-state index in [4.69, 9.17) is 5.73 Å². The number of hydrogen-bond acceptors (Lipinski definition) is 2. The van der Waals surface area contributed by atoms with Gasteiger partial charge in [0.15, 0.2) is 0 Å². The molecule has 2 rings (SSSR count). The van der Waals surface area contributed by atoms with Crippen molar-refractivity contribution in [3.05, 3.63) is 42.5 Å². The van der Waals surface area contributed by atoms with Crippen LogP contribution in [0.2, 0.25) is 0 Å². The van der Waals surface area contributed by atoms with Gasteiger partial charge in [0.2, 0.25) is 11.8 Å². The number of hydrogen-bond donors (Lipinski definition) is 2. The van der Waals surface area contributed by atoms with Gasteiger partial charge in [-0.2, -0.15) is 0 Å². The number of rotatable bonds is 4. The number of carbonyl (C=O) groups excluding carboxylic acids is 2. The van der Waals surface area contributed by atoms with Crippen LogP contribution in [0.1, 0.15) is 25.8 Å². The molecule has 0 bridgehead atoms. The minimum Gasteiger partial charge on any atom is -0.370 e. The summed E-state index contributed by atoms with van der Waals surface area (Å²) in [5.74, 6) is -0.695. The van der Waals surface area contributed by atoms with Crippen LogP contribution in [-0.2, 0) is 15.0 Å². The van der Waals surface area contributed by atoms with Crippen molar-refractivity contribution in [1.82, 2.24) is 0 Å². The number of nitrogens with one attached hydrogen (secondary N) is 1. The SMILES string of the molecule is C=CC(C)(C)C1(CC(N)=O)C(=O)Nc2ccccc21. The Labute approximate surface area is 112 Å². The zero-order valence-corrected chi connectivity index (χ0v) is 11.2. The third-order valence-corrected chi connectivity index (χ3v) is 4.07. The van der Waals surface area contributed by atoms with Crippen LogP contribution in [0.4, 0.5) is 5.69 Å². The molecule has 0 aliphatic carbocycles. The van der Waals surface area contributed by atoms with Crippen molar-refractivity contribution < 1.29 is 9.59 Å². The lowest BCUT2D eigenvalue weighted by Gasteiger charge is -2.39. The fourth-order valence-electron chi connectivity index (χ4n) is 2.79. The summed E-state index contributed by atoms with van der Waals surface area (Å²) in [6.07, 6.45) is 1.67. The standard InChI is InChI=1S/C15H18N2O2/c1-4-14(2,3)15(9-12(16)18)10-7-5-6-8-11(10)17-13(15)19/h4-8H,1,9H2,2-3H3,(H2,16,18)(H,17,19). The second kappa shape index (κ2) is 4.23. The van der Waals surface area contributed by atoms with Crippen LogP contribution >= 0.6 is 0 Å². The third kappa shape index (κ3) is 1.75. The third-order valence-electron chi connectivity index (χ3n) is 4.07. The molecule has 1 aromatic rings. The summed E-state index contributed by atoms with van der Waals surface area (Å²) in [6.45, 7) is 7.59. The number of primary amides is 1. The lowest BCUT2D eigenvalue weighted by atomic mass is 9.60. The van der Waals surface area contributed by atoms with E-state index >= 15 is 0 Å². The van der Waals surface area contributed by atoms with Gasteiger partial charge < -0.3 is 11.1 Å². The highest BCUT2D eigenvalue weighted by atomic mass is 16.2. The highest BCUT2D eigenvalue weighted by molar-refractivity contribution is 6.09. The molecule has 4 heteroatoms. The average molecular weight is 258 g/mol. The number of fused-ring (bicyclic) bond motifs is 1. The Morgan fingerprint density at radius 1 is 1.47 bits per heavy atom. The van der Waals surface area contributed by atoms with Gasteiger partial charge in [0.25, 0.3) is 0 Å². The summed E-state index contributed by atoms with van der Waals surface area (Å²) >= 11 is 0. The molecular weight excluding hydrogens is 240 g/mol. The van der Waals surface area contributed by atoms with Crippen molar-refractivity contribution >= 4 is 17.5 Å². The van der Waals surface area contributed by atoms with Crippen molar-refractivity contribution in [2.75, 3.05) is 5.32 Å². The molecule has 0 aromatic heterocycles. The Bertz CT molecular complexity index is 563. The van der Waals surface area contributed by atoms with Crippen LogP contribution in [0.15, 0.2) is 36.9 Å². The van der Waals surface area contributed by atoms with Crippen LogP contribution < -0.4 is 11.1 Å². The first-order valence-electron chi connectivity index (χ1n) is 6.18. The topological polar surface area (TPSA) is 72.2 Å². The molecule has 1 aliphatic heterocycles. The average Bonchev–Trinajstić information content (AvgIpc) is 2.63. The van der Waals surface area contributed by atoms with Gasteiger partial charge in [0.05, 0.1) is 5.41 Å².